The van der Waals surface area contributed by atoms with Gasteiger partial charge in [0.1, 0.15) is 0 Å². The van der Waals surface area contributed by atoms with E-state index in [1.54, 1.807) is 0 Å². The Kier molecular flexibility index (Phi) is 4.20. The third kappa shape index (κ3) is 2.78. The molecule has 19 heavy (non-hydrogen) atoms. The average Bonchev–Trinajstić information content (AvgIpc) is 2.71. The summed E-state index contributed by atoms with van der Waals surface area (Å²) in [5, 5.41) is 7.98. The maximum atomic E-state index is 4.62. The second-order valence-electron chi connectivity index (χ2n) is 4.77. The fourth-order valence-electron chi connectivity index (χ4n) is 2.35. The van der Waals surface area contributed by atoms with Gasteiger partial charge in [0, 0.05) is 12.2 Å². The van der Waals surface area contributed by atoms with Gasteiger partial charge < -0.3 is 5.32 Å². The molecule has 4 nitrogen and oxygen atoms in total. The van der Waals surface area contributed by atoms with Crippen molar-refractivity contribution in [2.75, 3.05) is 11.9 Å². The summed E-state index contributed by atoms with van der Waals surface area (Å²) in [7, 11) is 0. The third-order valence-corrected chi connectivity index (χ3v) is 3.34. The Bertz CT molecular complexity index is 557. The summed E-state index contributed by atoms with van der Waals surface area (Å²) in [6.07, 6.45) is 5.82. The van der Waals surface area contributed by atoms with Crippen molar-refractivity contribution in [3.8, 4) is 5.69 Å². The molecule has 0 radical (unpaired) electrons. The smallest absolute Gasteiger partial charge is 0.0852 e. The van der Waals surface area contributed by atoms with Gasteiger partial charge in [-0.2, -0.15) is 5.10 Å². The van der Waals surface area contributed by atoms with Crippen LogP contribution in [-0.4, -0.2) is 21.3 Å². The topological polar surface area (TPSA) is 42.7 Å². The largest absolute Gasteiger partial charge is 0.384 e. The Morgan fingerprint density at radius 2 is 2.00 bits per heavy atom. The molecule has 0 saturated carbocycles. The molecule has 0 spiro atoms. The van der Waals surface area contributed by atoms with Gasteiger partial charge >= 0.3 is 0 Å². The van der Waals surface area contributed by atoms with Crippen molar-refractivity contribution in [2.24, 2.45) is 0 Å². The zero-order valence-electron chi connectivity index (χ0n) is 12.2. The highest BCUT2D eigenvalue weighted by Crippen LogP contribution is 2.19. The van der Waals surface area contributed by atoms with Crippen LogP contribution in [0.15, 0.2) is 18.5 Å². The summed E-state index contributed by atoms with van der Waals surface area (Å²) in [5.41, 5.74) is 5.69. The Balaban J connectivity index is 2.36. The van der Waals surface area contributed by atoms with Gasteiger partial charge in [0.15, 0.2) is 0 Å². The fraction of sp³-hybridized carbons (Fsp3) is 0.467. The highest BCUT2D eigenvalue weighted by molar-refractivity contribution is 5.49. The molecule has 0 atom stereocenters. The lowest BCUT2D eigenvalue weighted by Gasteiger charge is -2.08. The van der Waals surface area contributed by atoms with Crippen molar-refractivity contribution in [2.45, 2.75) is 40.5 Å². The Labute approximate surface area is 114 Å². The van der Waals surface area contributed by atoms with Crippen LogP contribution in [0.1, 0.15) is 37.2 Å². The van der Waals surface area contributed by atoms with Gasteiger partial charge in [-0.1, -0.05) is 13.8 Å². The van der Waals surface area contributed by atoms with E-state index in [0.717, 1.165) is 36.5 Å². The first-order chi connectivity index (χ1) is 9.17. The first-order valence-electron chi connectivity index (χ1n) is 6.91. The van der Waals surface area contributed by atoms with Crippen LogP contribution in [0.5, 0.6) is 0 Å². The van der Waals surface area contributed by atoms with E-state index >= 15 is 0 Å². The molecule has 2 aromatic rings. The maximum Gasteiger partial charge on any atom is 0.0852 e. The minimum atomic E-state index is 0.961. The lowest BCUT2D eigenvalue weighted by atomic mass is 10.1. The maximum absolute atomic E-state index is 4.62. The van der Waals surface area contributed by atoms with Gasteiger partial charge in [-0.05, 0) is 38.3 Å². The zero-order chi connectivity index (χ0) is 13.8. The molecule has 0 aromatic carbocycles. The van der Waals surface area contributed by atoms with Crippen molar-refractivity contribution in [1.82, 2.24) is 14.8 Å². The van der Waals surface area contributed by atoms with Crippen molar-refractivity contribution < 1.29 is 0 Å². The number of aromatic nitrogens is 3. The van der Waals surface area contributed by atoms with Crippen LogP contribution in [0.3, 0.4) is 0 Å². The highest BCUT2D eigenvalue weighted by atomic mass is 15.3. The zero-order valence-corrected chi connectivity index (χ0v) is 12.2. The van der Waals surface area contributed by atoms with E-state index in [4.69, 9.17) is 0 Å². The SMILES string of the molecule is CCCNc1cncc(-n2nc(C)c(CC)c2C)c1. The number of hydrogen-bond acceptors (Lipinski definition) is 3. The molecule has 0 aliphatic rings. The minimum absolute atomic E-state index is 0.961. The molecule has 0 saturated heterocycles. The van der Waals surface area contributed by atoms with Gasteiger partial charge in [-0.25, -0.2) is 4.68 Å². The molecule has 0 bridgehead atoms. The molecule has 0 unspecified atom stereocenters. The summed E-state index contributed by atoms with van der Waals surface area (Å²) in [6.45, 7) is 9.46. The Morgan fingerprint density at radius 3 is 2.63 bits per heavy atom. The molecule has 0 amide bonds. The monoisotopic (exact) mass is 258 g/mol. The molecule has 4 heteroatoms. The molecular weight excluding hydrogens is 236 g/mol. The van der Waals surface area contributed by atoms with E-state index in [1.807, 2.05) is 17.1 Å². The highest BCUT2D eigenvalue weighted by Gasteiger charge is 2.11. The molecule has 2 rings (SSSR count). The normalized spacial score (nSPS) is 10.7. The Hall–Kier alpha value is -1.84. The number of aryl methyl sites for hydroxylation is 1. The number of rotatable bonds is 5. The molecule has 1 N–H and O–H groups in total. The predicted octanol–water partition coefficient (Wildman–Crippen LogP) is 3.27. The summed E-state index contributed by atoms with van der Waals surface area (Å²) in [4.78, 5) is 4.30. The van der Waals surface area contributed by atoms with E-state index in [2.05, 4.69) is 49.2 Å². The molecule has 2 aromatic heterocycles. The van der Waals surface area contributed by atoms with Crippen LogP contribution in [0.25, 0.3) is 5.69 Å². The fourth-order valence-corrected chi connectivity index (χ4v) is 2.35. The van der Waals surface area contributed by atoms with E-state index in [1.165, 1.54) is 11.3 Å². The first kappa shape index (κ1) is 13.6. The standard InChI is InChI=1S/C15H22N4/c1-5-7-17-13-8-14(10-16-9-13)19-12(4)15(6-2)11(3)18-19/h8-10,17H,5-7H2,1-4H3. The predicted molar refractivity (Wildman–Crippen MR) is 79.0 cm³/mol. The van der Waals surface area contributed by atoms with Crippen molar-refractivity contribution in [3.05, 3.63) is 35.4 Å². The molecule has 0 aliphatic heterocycles. The second kappa shape index (κ2) is 5.87. The van der Waals surface area contributed by atoms with Crippen LogP contribution in [-0.2, 0) is 6.42 Å². The quantitative estimate of drug-likeness (QED) is 0.895. The van der Waals surface area contributed by atoms with Crippen molar-refractivity contribution >= 4 is 5.69 Å². The van der Waals surface area contributed by atoms with E-state index in [-0.39, 0.29) is 0 Å². The molecule has 0 aliphatic carbocycles. The summed E-state index contributed by atoms with van der Waals surface area (Å²) in [5.74, 6) is 0. The van der Waals surface area contributed by atoms with Gasteiger partial charge in [0.25, 0.3) is 0 Å². The van der Waals surface area contributed by atoms with Gasteiger partial charge in [0.2, 0.25) is 0 Å². The van der Waals surface area contributed by atoms with E-state index in [0.29, 0.717) is 0 Å². The van der Waals surface area contributed by atoms with Gasteiger partial charge in [-0.15, -0.1) is 0 Å². The number of nitrogens with zero attached hydrogens (tertiary/aromatic N) is 3. The number of hydrogen-bond donors (Lipinski definition) is 1. The van der Waals surface area contributed by atoms with Crippen LogP contribution >= 0.6 is 0 Å². The summed E-state index contributed by atoms with van der Waals surface area (Å²) < 4.78 is 1.98. The van der Waals surface area contributed by atoms with Crippen LogP contribution < -0.4 is 5.32 Å². The van der Waals surface area contributed by atoms with Crippen LogP contribution in [0.4, 0.5) is 5.69 Å². The molecule has 102 valence electrons. The van der Waals surface area contributed by atoms with Crippen molar-refractivity contribution in [3.63, 3.8) is 0 Å². The summed E-state index contributed by atoms with van der Waals surface area (Å²) >= 11 is 0. The number of pyridine rings is 1. The lowest BCUT2D eigenvalue weighted by molar-refractivity contribution is 0.827. The van der Waals surface area contributed by atoms with Crippen LogP contribution in [0, 0.1) is 13.8 Å². The third-order valence-electron chi connectivity index (χ3n) is 3.34. The lowest BCUT2D eigenvalue weighted by Crippen LogP contribution is -2.04. The van der Waals surface area contributed by atoms with Gasteiger partial charge in [0.05, 0.1) is 29.5 Å². The molecule has 2 heterocycles. The number of anilines is 1. The van der Waals surface area contributed by atoms with E-state index < -0.39 is 0 Å². The van der Waals surface area contributed by atoms with Gasteiger partial charge in [-0.3, -0.25) is 4.98 Å². The average molecular weight is 258 g/mol. The van der Waals surface area contributed by atoms with Crippen LogP contribution in [0.2, 0.25) is 0 Å². The first-order valence-corrected chi connectivity index (χ1v) is 6.91. The number of nitrogens with one attached hydrogen (secondary N) is 1. The second-order valence-corrected chi connectivity index (χ2v) is 4.77. The molecule has 0 fully saturated rings. The summed E-state index contributed by atoms with van der Waals surface area (Å²) in [6, 6.07) is 2.10. The van der Waals surface area contributed by atoms with Crippen molar-refractivity contribution in [1.29, 1.82) is 0 Å². The van der Waals surface area contributed by atoms with E-state index in [9.17, 15) is 0 Å². The minimum Gasteiger partial charge on any atom is -0.384 e. The molecular formula is C15H22N4. The Morgan fingerprint density at radius 1 is 1.21 bits per heavy atom.